The fraction of sp³-hybridized carbons (Fsp3) is 0.692. The van der Waals surface area contributed by atoms with E-state index in [9.17, 15) is 4.79 Å². The van der Waals surface area contributed by atoms with Crippen molar-refractivity contribution in [3.05, 3.63) is 17.8 Å². The van der Waals surface area contributed by atoms with Crippen molar-refractivity contribution < 1.29 is 9.21 Å². The Morgan fingerprint density at radius 3 is 2.71 bits per heavy atom. The van der Waals surface area contributed by atoms with E-state index in [1.807, 2.05) is 18.7 Å². The maximum atomic E-state index is 12.3. The van der Waals surface area contributed by atoms with Crippen LogP contribution in [0.1, 0.15) is 55.8 Å². The van der Waals surface area contributed by atoms with Crippen LogP contribution in [0.2, 0.25) is 0 Å². The second-order valence-electron chi connectivity index (χ2n) is 5.20. The molecule has 0 aromatic carbocycles. The van der Waals surface area contributed by atoms with Gasteiger partial charge in [0.2, 0.25) is 5.76 Å². The lowest BCUT2D eigenvalue weighted by atomic mass is 9.99. The van der Waals surface area contributed by atoms with Crippen molar-refractivity contribution in [1.29, 1.82) is 0 Å². The van der Waals surface area contributed by atoms with Crippen LogP contribution in [-0.2, 0) is 0 Å². The number of carbonyl (C=O) groups excluding carboxylic acids is 1. The van der Waals surface area contributed by atoms with Gasteiger partial charge in [-0.2, -0.15) is 0 Å². The molecule has 1 aliphatic heterocycles. The second kappa shape index (κ2) is 4.90. The van der Waals surface area contributed by atoms with Crippen LogP contribution in [0.15, 0.2) is 10.8 Å². The van der Waals surface area contributed by atoms with E-state index >= 15 is 0 Å². The van der Waals surface area contributed by atoms with Gasteiger partial charge in [0.05, 0.1) is 5.69 Å². The third-order valence-electron chi connectivity index (χ3n) is 3.41. The molecule has 0 bridgehead atoms. The molecule has 4 heteroatoms. The first-order valence-corrected chi connectivity index (χ1v) is 6.32. The number of hydrogen-bond donors (Lipinski definition) is 0. The van der Waals surface area contributed by atoms with E-state index in [4.69, 9.17) is 4.42 Å². The van der Waals surface area contributed by atoms with Gasteiger partial charge in [0.15, 0.2) is 6.39 Å². The molecule has 0 atom stereocenters. The van der Waals surface area contributed by atoms with Gasteiger partial charge in [-0.1, -0.05) is 20.8 Å². The molecule has 17 heavy (non-hydrogen) atoms. The molecule has 1 aliphatic rings. The van der Waals surface area contributed by atoms with Crippen LogP contribution in [0, 0.1) is 5.92 Å². The minimum Gasteiger partial charge on any atom is -0.438 e. The smallest absolute Gasteiger partial charge is 0.291 e. The molecule has 1 aromatic heterocycles. The Hall–Kier alpha value is -1.32. The van der Waals surface area contributed by atoms with Gasteiger partial charge in [0.25, 0.3) is 5.91 Å². The van der Waals surface area contributed by atoms with Gasteiger partial charge in [-0.25, -0.2) is 4.98 Å². The predicted molar refractivity (Wildman–Crippen MR) is 64.9 cm³/mol. The normalized spacial score (nSPS) is 17.8. The quantitative estimate of drug-likeness (QED) is 0.793. The van der Waals surface area contributed by atoms with Gasteiger partial charge >= 0.3 is 0 Å². The molecule has 0 saturated carbocycles. The molecule has 0 N–H and O–H groups in total. The zero-order chi connectivity index (χ0) is 12.4. The monoisotopic (exact) mass is 236 g/mol. The molecule has 1 saturated heterocycles. The van der Waals surface area contributed by atoms with Gasteiger partial charge in [-0.05, 0) is 24.7 Å². The molecule has 1 fully saturated rings. The molecular formula is C13H20N2O2. The maximum absolute atomic E-state index is 12.3. The number of oxazole rings is 1. The number of piperidine rings is 1. The topological polar surface area (TPSA) is 46.3 Å². The Morgan fingerprint density at radius 2 is 2.12 bits per heavy atom. The lowest BCUT2D eigenvalue weighted by molar-refractivity contribution is 0.0663. The zero-order valence-electron chi connectivity index (χ0n) is 10.8. The summed E-state index contributed by atoms with van der Waals surface area (Å²) in [6.45, 7) is 7.94. The highest BCUT2D eigenvalue weighted by Gasteiger charge is 2.27. The summed E-state index contributed by atoms with van der Waals surface area (Å²) in [5, 5.41) is 0. The average molecular weight is 236 g/mol. The molecule has 94 valence electrons. The summed E-state index contributed by atoms with van der Waals surface area (Å²) >= 11 is 0. The molecule has 0 unspecified atom stereocenters. The summed E-state index contributed by atoms with van der Waals surface area (Å²) in [5.41, 5.74) is 0.772. The van der Waals surface area contributed by atoms with Crippen LogP contribution >= 0.6 is 0 Å². The van der Waals surface area contributed by atoms with E-state index in [-0.39, 0.29) is 11.8 Å². The number of aromatic nitrogens is 1. The first-order valence-electron chi connectivity index (χ1n) is 6.32. The summed E-state index contributed by atoms with van der Waals surface area (Å²) in [6, 6.07) is 0. The molecule has 2 rings (SSSR count). The Labute approximate surface area is 102 Å². The summed E-state index contributed by atoms with van der Waals surface area (Å²) < 4.78 is 5.27. The molecule has 2 heterocycles. The number of nitrogens with zero attached hydrogens (tertiary/aromatic N) is 2. The van der Waals surface area contributed by atoms with Crippen molar-refractivity contribution >= 4 is 5.91 Å². The van der Waals surface area contributed by atoms with Crippen molar-refractivity contribution in [1.82, 2.24) is 9.88 Å². The molecule has 1 aromatic rings. The lowest BCUT2D eigenvalue weighted by Gasteiger charge is -2.29. The van der Waals surface area contributed by atoms with Crippen LogP contribution in [0.25, 0.3) is 0 Å². The van der Waals surface area contributed by atoms with Gasteiger partial charge in [-0.15, -0.1) is 0 Å². The van der Waals surface area contributed by atoms with Crippen LogP contribution in [0.3, 0.4) is 0 Å². The van der Waals surface area contributed by atoms with Gasteiger partial charge < -0.3 is 9.32 Å². The summed E-state index contributed by atoms with van der Waals surface area (Å²) in [4.78, 5) is 18.3. The van der Waals surface area contributed by atoms with Gasteiger partial charge in [0.1, 0.15) is 0 Å². The highest BCUT2D eigenvalue weighted by atomic mass is 16.3. The second-order valence-corrected chi connectivity index (χ2v) is 5.20. The first kappa shape index (κ1) is 12.1. The Bertz CT molecular complexity index is 390. The molecule has 0 radical (unpaired) electrons. The zero-order valence-corrected chi connectivity index (χ0v) is 10.8. The molecule has 4 nitrogen and oxygen atoms in total. The maximum Gasteiger partial charge on any atom is 0.291 e. The Morgan fingerprint density at radius 1 is 1.47 bits per heavy atom. The van der Waals surface area contributed by atoms with Crippen molar-refractivity contribution in [3.8, 4) is 0 Å². The van der Waals surface area contributed by atoms with Gasteiger partial charge in [-0.3, -0.25) is 4.79 Å². The van der Waals surface area contributed by atoms with Crippen LogP contribution in [-0.4, -0.2) is 28.9 Å². The third kappa shape index (κ3) is 2.51. The standard InChI is InChI=1S/C13H20N2O2/c1-9(2)11-12(17-8-14-11)13(16)15-6-4-10(3)5-7-15/h8-10H,4-7H2,1-3H3. The van der Waals surface area contributed by atoms with Crippen LogP contribution in [0.4, 0.5) is 0 Å². The number of hydrogen-bond acceptors (Lipinski definition) is 3. The highest BCUT2D eigenvalue weighted by molar-refractivity contribution is 5.92. The first-order chi connectivity index (χ1) is 8.09. The molecule has 0 aliphatic carbocycles. The predicted octanol–water partition coefficient (Wildman–Crippen LogP) is 2.67. The minimum atomic E-state index is -0.00176. The van der Waals surface area contributed by atoms with E-state index in [0.717, 1.165) is 37.5 Å². The number of carbonyl (C=O) groups is 1. The van der Waals surface area contributed by atoms with Crippen LogP contribution < -0.4 is 0 Å². The van der Waals surface area contributed by atoms with E-state index in [2.05, 4.69) is 11.9 Å². The average Bonchev–Trinajstić information content (AvgIpc) is 2.78. The van der Waals surface area contributed by atoms with Crippen molar-refractivity contribution in [2.24, 2.45) is 5.92 Å². The van der Waals surface area contributed by atoms with E-state index in [0.29, 0.717) is 5.76 Å². The van der Waals surface area contributed by atoms with E-state index in [1.165, 1.54) is 6.39 Å². The Kier molecular flexibility index (Phi) is 3.50. The van der Waals surface area contributed by atoms with E-state index in [1.54, 1.807) is 0 Å². The summed E-state index contributed by atoms with van der Waals surface area (Å²) in [7, 11) is 0. The summed E-state index contributed by atoms with van der Waals surface area (Å²) in [5.74, 6) is 1.36. The van der Waals surface area contributed by atoms with Crippen molar-refractivity contribution in [2.45, 2.75) is 39.5 Å². The molecular weight excluding hydrogens is 216 g/mol. The SMILES string of the molecule is CC1CCN(C(=O)c2ocnc2C(C)C)CC1. The number of amides is 1. The van der Waals surface area contributed by atoms with Crippen molar-refractivity contribution in [2.75, 3.05) is 13.1 Å². The fourth-order valence-electron chi connectivity index (χ4n) is 2.18. The van der Waals surface area contributed by atoms with Crippen LogP contribution in [0.5, 0.6) is 0 Å². The summed E-state index contributed by atoms with van der Waals surface area (Å²) in [6.07, 6.45) is 3.53. The van der Waals surface area contributed by atoms with E-state index < -0.39 is 0 Å². The largest absolute Gasteiger partial charge is 0.438 e. The van der Waals surface area contributed by atoms with Crippen molar-refractivity contribution in [3.63, 3.8) is 0 Å². The minimum absolute atomic E-state index is 0.00176. The fourth-order valence-corrected chi connectivity index (χ4v) is 2.18. The highest BCUT2D eigenvalue weighted by Crippen LogP contribution is 2.22. The Balaban J connectivity index is 2.11. The third-order valence-corrected chi connectivity index (χ3v) is 3.41. The number of rotatable bonds is 2. The molecule has 1 amide bonds. The number of likely N-dealkylation sites (tertiary alicyclic amines) is 1. The van der Waals surface area contributed by atoms with Gasteiger partial charge in [0, 0.05) is 13.1 Å². The molecule has 0 spiro atoms. The lowest BCUT2D eigenvalue weighted by Crippen LogP contribution is -2.38.